The minimum Gasteiger partial charge on any atom is -0.611 e. The zero-order valence-corrected chi connectivity index (χ0v) is 18.3. The third-order valence-electron chi connectivity index (χ3n) is 6.05. The summed E-state index contributed by atoms with van der Waals surface area (Å²) in [5.41, 5.74) is 1.44. The van der Waals surface area contributed by atoms with Gasteiger partial charge < -0.3 is 15.0 Å². The number of hydroxylamine groups is 2. The maximum Gasteiger partial charge on any atom is 0.298 e. The predicted molar refractivity (Wildman–Crippen MR) is 114 cm³/mol. The number of sulfonamides is 1. The number of rotatable bonds is 8. The third-order valence-corrected chi connectivity index (χ3v) is 7.48. The van der Waals surface area contributed by atoms with Gasteiger partial charge in [0, 0.05) is 38.2 Å². The van der Waals surface area contributed by atoms with Crippen molar-refractivity contribution < 1.29 is 17.3 Å². The number of carbonyl (C=O) groups excluding carboxylic acids is 1. The van der Waals surface area contributed by atoms with Crippen molar-refractivity contribution in [1.29, 1.82) is 0 Å². The van der Waals surface area contributed by atoms with Gasteiger partial charge in [0.05, 0.1) is 6.26 Å². The van der Waals surface area contributed by atoms with Crippen molar-refractivity contribution in [3.8, 4) is 0 Å². The van der Waals surface area contributed by atoms with Gasteiger partial charge in [-0.25, -0.2) is 4.05 Å². The van der Waals surface area contributed by atoms with Gasteiger partial charge in [-0.05, 0) is 31.1 Å². The molecule has 1 unspecified atom stereocenters. The normalized spacial score (nSPS) is 26.3. The molecule has 1 saturated heterocycles. The highest BCUT2D eigenvalue weighted by Crippen LogP contribution is 2.44. The van der Waals surface area contributed by atoms with Crippen LogP contribution in [0.15, 0.2) is 42.1 Å². The summed E-state index contributed by atoms with van der Waals surface area (Å²) in [4.78, 5) is 16.8. The average Bonchev–Trinajstić information content (AvgIpc) is 3.23. The Bertz CT molecular complexity index is 871. The van der Waals surface area contributed by atoms with E-state index < -0.39 is 14.1 Å². The van der Waals surface area contributed by atoms with Gasteiger partial charge in [-0.1, -0.05) is 31.5 Å². The van der Waals surface area contributed by atoms with Crippen LogP contribution in [0, 0.1) is 11.1 Å². The van der Waals surface area contributed by atoms with Gasteiger partial charge in [-0.3, -0.25) is 4.79 Å². The summed E-state index contributed by atoms with van der Waals surface area (Å²) in [7, 11) is -1.85. The fraction of sp³-hybridized carbons (Fsp3) is 0.571. The molecule has 0 spiro atoms. The molecule has 0 saturated carbocycles. The van der Waals surface area contributed by atoms with E-state index in [0.717, 1.165) is 31.3 Å². The monoisotopic (exact) mass is 421 g/mol. The van der Waals surface area contributed by atoms with Crippen LogP contribution in [0.25, 0.3) is 0 Å². The largest absolute Gasteiger partial charge is 0.611 e. The van der Waals surface area contributed by atoms with Crippen LogP contribution in [0.3, 0.4) is 0 Å². The van der Waals surface area contributed by atoms with E-state index in [9.17, 15) is 18.4 Å². The molecule has 0 bridgehead atoms. The zero-order valence-electron chi connectivity index (χ0n) is 17.5. The van der Waals surface area contributed by atoms with Crippen LogP contribution in [0.4, 0.5) is 5.69 Å². The van der Waals surface area contributed by atoms with E-state index in [1.54, 1.807) is 11.0 Å². The topological polar surface area (TPSA) is 80.7 Å². The minimum absolute atomic E-state index is 0.00367. The molecule has 1 aromatic rings. The number of fused-ring (bicyclic) bond motifs is 1. The third kappa shape index (κ3) is 4.20. The van der Waals surface area contributed by atoms with Crippen molar-refractivity contribution in [2.45, 2.75) is 38.6 Å². The summed E-state index contributed by atoms with van der Waals surface area (Å²) in [5.74, 6) is -0.123. The fourth-order valence-electron chi connectivity index (χ4n) is 4.56. The second-order valence-electron chi connectivity index (χ2n) is 8.12. The van der Waals surface area contributed by atoms with E-state index in [2.05, 4.69) is 4.90 Å². The Hall–Kier alpha value is -1.90. The lowest BCUT2D eigenvalue weighted by Crippen LogP contribution is -2.44. The number of benzene rings is 1. The van der Waals surface area contributed by atoms with Gasteiger partial charge in [0.2, 0.25) is 5.91 Å². The Morgan fingerprint density at radius 2 is 2.00 bits per heavy atom. The van der Waals surface area contributed by atoms with Crippen molar-refractivity contribution in [3.63, 3.8) is 0 Å². The summed E-state index contributed by atoms with van der Waals surface area (Å²) >= 11 is 0. The number of nitrogens with zero attached hydrogens (tertiary/aromatic N) is 3. The second-order valence-corrected chi connectivity index (χ2v) is 10.2. The van der Waals surface area contributed by atoms with Gasteiger partial charge in [0.25, 0.3) is 10.0 Å². The molecule has 1 fully saturated rings. The van der Waals surface area contributed by atoms with Crippen LogP contribution in [-0.4, -0.2) is 62.3 Å². The number of amides is 1. The molecule has 0 aliphatic carbocycles. The van der Waals surface area contributed by atoms with Crippen LogP contribution in [0.1, 0.15) is 32.6 Å². The van der Waals surface area contributed by atoms with E-state index in [1.165, 1.54) is 0 Å². The van der Waals surface area contributed by atoms with Crippen molar-refractivity contribution >= 4 is 21.6 Å². The standard InChI is InChI=1S/C21H31N3O4S/c1-4-9-17-16-24(26,29(3,27)28)19-13-15-23(21(17)19)20(25)12-8-14-22(2)18-10-6-5-7-11-18/h5-7,10-11,13,17,21H,4,8-9,12,14-16H2,1-3H3/t17-,21-,24?/m1/s1. The summed E-state index contributed by atoms with van der Waals surface area (Å²) in [6.45, 7) is 3.09. The SMILES string of the molecule is CCC[C@@H]1C[N+]([O-])(S(C)(=O)=O)C2=CCN(C(=O)CCCN(C)c3ccccc3)[C@@H]21. The van der Waals surface area contributed by atoms with Crippen molar-refractivity contribution in [1.82, 2.24) is 4.90 Å². The number of carbonyl (C=O) groups is 1. The van der Waals surface area contributed by atoms with Crippen LogP contribution < -0.4 is 4.90 Å². The van der Waals surface area contributed by atoms with E-state index in [0.29, 0.717) is 25.1 Å². The molecular weight excluding hydrogens is 390 g/mol. The summed E-state index contributed by atoms with van der Waals surface area (Å²) in [6, 6.07) is 9.61. The highest BCUT2D eigenvalue weighted by atomic mass is 32.2. The van der Waals surface area contributed by atoms with E-state index >= 15 is 0 Å². The molecule has 0 N–H and O–H groups in total. The van der Waals surface area contributed by atoms with Crippen molar-refractivity contribution in [2.75, 3.05) is 37.8 Å². The Kier molecular flexibility index (Phi) is 6.36. The first-order chi connectivity index (χ1) is 13.7. The Balaban J connectivity index is 1.65. The number of quaternary nitrogens is 1. The van der Waals surface area contributed by atoms with E-state index in [4.69, 9.17) is 0 Å². The predicted octanol–water partition coefficient (Wildman–Crippen LogP) is 2.70. The molecular formula is C21H31N3O4S. The van der Waals surface area contributed by atoms with Gasteiger partial charge in [-0.2, -0.15) is 8.42 Å². The molecule has 7 nitrogen and oxygen atoms in total. The van der Waals surface area contributed by atoms with Gasteiger partial charge in [-0.15, -0.1) is 0 Å². The molecule has 1 amide bonds. The molecule has 8 heteroatoms. The number of hydrogen-bond acceptors (Lipinski definition) is 5. The first-order valence-electron chi connectivity index (χ1n) is 10.2. The van der Waals surface area contributed by atoms with E-state index in [-0.39, 0.29) is 24.4 Å². The Morgan fingerprint density at radius 1 is 1.31 bits per heavy atom. The first kappa shape index (κ1) is 21.8. The number of hydrogen-bond donors (Lipinski definition) is 0. The Labute approximate surface area is 173 Å². The zero-order chi connectivity index (χ0) is 21.2. The molecule has 3 atom stereocenters. The fourth-order valence-corrected chi connectivity index (χ4v) is 5.59. The highest BCUT2D eigenvalue weighted by molar-refractivity contribution is 7.85. The summed E-state index contributed by atoms with van der Waals surface area (Å²) in [6.07, 6.45) is 5.33. The first-order valence-corrected chi connectivity index (χ1v) is 12.1. The van der Waals surface area contributed by atoms with Crippen LogP contribution >= 0.6 is 0 Å². The van der Waals surface area contributed by atoms with Crippen LogP contribution in [-0.2, 0) is 14.8 Å². The molecule has 0 radical (unpaired) electrons. The quantitative estimate of drug-likeness (QED) is 0.476. The van der Waals surface area contributed by atoms with Crippen LogP contribution in [0.2, 0.25) is 0 Å². The maximum absolute atomic E-state index is 13.2. The van der Waals surface area contributed by atoms with Gasteiger partial charge >= 0.3 is 0 Å². The lowest BCUT2D eigenvalue weighted by Gasteiger charge is -2.35. The molecule has 3 rings (SSSR count). The number of anilines is 1. The summed E-state index contributed by atoms with van der Waals surface area (Å²) in [5, 5.41) is 13.2. The lowest BCUT2D eigenvalue weighted by atomic mass is 9.96. The number of para-hydroxylation sites is 1. The van der Waals surface area contributed by atoms with Gasteiger partial charge in [0.1, 0.15) is 18.3 Å². The molecule has 2 aliphatic heterocycles. The van der Waals surface area contributed by atoms with Crippen molar-refractivity contribution in [3.05, 3.63) is 47.3 Å². The Morgan fingerprint density at radius 3 is 2.62 bits per heavy atom. The van der Waals surface area contributed by atoms with Gasteiger partial charge in [0.15, 0.2) is 0 Å². The lowest BCUT2D eigenvalue weighted by molar-refractivity contribution is -0.700. The smallest absolute Gasteiger partial charge is 0.298 e. The van der Waals surface area contributed by atoms with E-state index in [1.807, 2.05) is 44.3 Å². The maximum atomic E-state index is 13.2. The molecule has 160 valence electrons. The van der Waals surface area contributed by atoms with Crippen LogP contribution in [0.5, 0.6) is 0 Å². The molecule has 29 heavy (non-hydrogen) atoms. The highest BCUT2D eigenvalue weighted by Gasteiger charge is 2.55. The molecule has 1 aromatic carbocycles. The second kappa shape index (κ2) is 8.45. The molecule has 0 aromatic heterocycles. The molecule has 2 heterocycles. The average molecular weight is 422 g/mol. The summed E-state index contributed by atoms with van der Waals surface area (Å²) < 4.78 is 23.1. The van der Waals surface area contributed by atoms with Crippen molar-refractivity contribution in [2.24, 2.45) is 5.92 Å². The minimum atomic E-state index is -3.85. The molecule has 2 aliphatic rings.